The molecule has 0 fully saturated rings. The van der Waals surface area contributed by atoms with Gasteiger partial charge in [0.15, 0.2) is 0 Å². The number of amides is 1. The Bertz CT molecular complexity index is 1180. The summed E-state index contributed by atoms with van der Waals surface area (Å²) in [5, 5.41) is 5.25. The molecule has 28 heavy (non-hydrogen) atoms. The molecule has 0 radical (unpaired) electrons. The average Bonchev–Trinajstić information content (AvgIpc) is 3.11. The third kappa shape index (κ3) is 3.29. The van der Waals surface area contributed by atoms with E-state index in [1.165, 1.54) is 4.57 Å². The fourth-order valence-electron chi connectivity index (χ4n) is 3.23. The number of hydrogen-bond donors (Lipinski definition) is 2. The number of rotatable bonds is 4. The van der Waals surface area contributed by atoms with Crippen LogP contribution in [0.15, 0.2) is 54.9 Å². The maximum absolute atomic E-state index is 13.2. The highest BCUT2D eigenvalue weighted by Crippen LogP contribution is 2.22. The minimum Gasteiger partial charge on any atom is -0.368 e. The maximum Gasteiger partial charge on any atom is 0.281 e. The third-order valence-electron chi connectivity index (χ3n) is 4.51. The van der Waals surface area contributed by atoms with Gasteiger partial charge in [-0.15, -0.1) is 0 Å². The molecule has 0 saturated carbocycles. The Kier molecular flexibility index (Phi) is 4.49. The molecule has 0 spiro atoms. The van der Waals surface area contributed by atoms with Gasteiger partial charge in [0.25, 0.3) is 5.91 Å². The highest BCUT2D eigenvalue weighted by atomic mass is 16.2. The first kappa shape index (κ1) is 17.7. The molecular formula is C21H19N5O2. The lowest BCUT2D eigenvalue weighted by Crippen LogP contribution is -2.24. The molecule has 140 valence electrons. The van der Waals surface area contributed by atoms with Gasteiger partial charge in [-0.1, -0.05) is 30.3 Å². The monoisotopic (exact) mass is 373 g/mol. The van der Waals surface area contributed by atoms with Crippen LogP contribution in [0.3, 0.4) is 0 Å². The summed E-state index contributed by atoms with van der Waals surface area (Å²) >= 11 is 0. The molecule has 0 aliphatic carbocycles. The van der Waals surface area contributed by atoms with Crippen molar-refractivity contribution in [1.29, 1.82) is 0 Å². The Morgan fingerprint density at radius 3 is 2.46 bits per heavy atom. The topological polar surface area (TPSA) is 103 Å². The number of carbonyl (C=O) groups excluding carboxylic acids is 2. The van der Waals surface area contributed by atoms with Crippen molar-refractivity contribution >= 4 is 39.4 Å². The number of nitrogens with two attached hydrogens (primary N) is 1. The van der Waals surface area contributed by atoms with Gasteiger partial charge in [0, 0.05) is 24.3 Å². The van der Waals surface area contributed by atoms with E-state index in [1.54, 1.807) is 24.5 Å². The number of carbonyl (C=O) groups is 2. The van der Waals surface area contributed by atoms with Crippen LogP contribution >= 0.6 is 0 Å². The number of benzene rings is 2. The summed E-state index contributed by atoms with van der Waals surface area (Å²) in [5.74, 6) is -0.350. The second kappa shape index (κ2) is 7.11. The Morgan fingerprint density at radius 2 is 1.79 bits per heavy atom. The summed E-state index contributed by atoms with van der Waals surface area (Å²) in [6, 6.07) is 13.1. The molecule has 1 amide bonds. The van der Waals surface area contributed by atoms with E-state index in [-0.39, 0.29) is 29.9 Å². The smallest absolute Gasteiger partial charge is 0.281 e. The van der Waals surface area contributed by atoms with E-state index in [4.69, 9.17) is 5.73 Å². The summed E-state index contributed by atoms with van der Waals surface area (Å²) in [4.78, 5) is 33.5. The molecule has 7 nitrogen and oxygen atoms in total. The van der Waals surface area contributed by atoms with Gasteiger partial charge in [0.1, 0.15) is 5.69 Å². The predicted octanol–water partition coefficient (Wildman–Crippen LogP) is 2.53. The molecule has 4 aromatic rings. The van der Waals surface area contributed by atoms with E-state index < -0.39 is 0 Å². The summed E-state index contributed by atoms with van der Waals surface area (Å²) in [6.07, 6.45) is 3.75. The molecule has 0 bridgehead atoms. The van der Waals surface area contributed by atoms with Crippen molar-refractivity contribution in [3.63, 3.8) is 0 Å². The van der Waals surface area contributed by atoms with Gasteiger partial charge in [0.05, 0.1) is 11.9 Å². The van der Waals surface area contributed by atoms with Crippen molar-refractivity contribution in [1.82, 2.24) is 19.9 Å². The normalized spacial score (nSPS) is 11.0. The van der Waals surface area contributed by atoms with Crippen molar-refractivity contribution < 1.29 is 9.59 Å². The van der Waals surface area contributed by atoms with Crippen molar-refractivity contribution in [2.75, 3.05) is 12.3 Å². The number of anilines is 1. The van der Waals surface area contributed by atoms with Crippen molar-refractivity contribution in [3.05, 3.63) is 66.1 Å². The summed E-state index contributed by atoms with van der Waals surface area (Å²) in [7, 11) is 0. The average molecular weight is 373 g/mol. The van der Waals surface area contributed by atoms with E-state index in [0.29, 0.717) is 17.4 Å². The van der Waals surface area contributed by atoms with E-state index in [1.807, 2.05) is 37.3 Å². The fraction of sp³-hybridized carbons (Fsp3) is 0.143. The predicted molar refractivity (Wildman–Crippen MR) is 108 cm³/mol. The molecule has 0 aliphatic rings. The van der Waals surface area contributed by atoms with E-state index in [0.717, 1.165) is 16.3 Å². The zero-order valence-corrected chi connectivity index (χ0v) is 15.3. The van der Waals surface area contributed by atoms with Gasteiger partial charge in [-0.3, -0.25) is 14.2 Å². The minimum atomic E-state index is -0.301. The van der Waals surface area contributed by atoms with Crippen LogP contribution in [-0.2, 0) is 11.2 Å². The molecule has 3 N–H and O–H groups in total. The van der Waals surface area contributed by atoms with Crippen LogP contribution in [0.1, 0.15) is 23.0 Å². The maximum atomic E-state index is 13.2. The van der Waals surface area contributed by atoms with Gasteiger partial charge in [0.2, 0.25) is 11.9 Å². The van der Waals surface area contributed by atoms with Gasteiger partial charge in [-0.2, -0.15) is 0 Å². The number of nitrogens with zero attached hydrogens (tertiary/aromatic N) is 3. The number of nitrogen functional groups attached to an aromatic ring is 1. The van der Waals surface area contributed by atoms with Gasteiger partial charge in [-0.25, -0.2) is 9.97 Å². The molecule has 0 aliphatic heterocycles. The first-order valence-corrected chi connectivity index (χ1v) is 8.99. The molecule has 4 rings (SSSR count). The fourth-order valence-corrected chi connectivity index (χ4v) is 3.23. The second-order valence-corrected chi connectivity index (χ2v) is 6.51. The van der Waals surface area contributed by atoms with Crippen molar-refractivity contribution in [2.45, 2.75) is 13.3 Å². The zero-order valence-electron chi connectivity index (χ0n) is 15.3. The van der Waals surface area contributed by atoms with Gasteiger partial charge in [-0.05, 0) is 35.4 Å². The summed E-state index contributed by atoms with van der Waals surface area (Å²) in [6.45, 7) is 2.43. The Labute approximate surface area is 161 Å². The van der Waals surface area contributed by atoms with Gasteiger partial charge >= 0.3 is 0 Å². The quantitative estimate of drug-likeness (QED) is 0.572. The molecule has 0 atom stereocenters. The number of likely N-dealkylation sites (N-methyl/N-ethyl adjacent to an activating group) is 1. The Morgan fingerprint density at radius 1 is 1.07 bits per heavy atom. The van der Waals surface area contributed by atoms with E-state index in [9.17, 15) is 9.59 Å². The summed E-state index contributed by atoms with van der Waals surface area (Å²) in [5.41, 5.74) is 7.37. The molecule has 0 unspecified atom stereocenters. The van der Waals surface area contributed by atoms with E-state index >= 15 is 0 Å². The van der Waals surface area contributed by atoms with Crippen LogP contribution in [0.4, 0.5) is 5.95 Å². The number of fused-ring (bicyclic) bond motifs is 2. The zero-order chi connectivity index (χ0) is 19.7. The third-order valence-corrected chi connectivity index (χ3v) is 4.51. The van der Waals surface area contributed by atoms with Crippen LogP contribution < -0.4 is 11.1 Å². The lowest BCUT2D eigenvalue weighted by Gasteiger charge is -2.09. The second-order valence-electron chi connectivity index (χ2n) is 6.51. The molecule has 0 saturated heterocycles. The Balaban J connectivity index is 1.79. The van der Waals surface area contributed by atoms with Crippen LogP contribution in [0.25, 0.3) is 21.7 Å². The number of aromatic nitrogens is 3. The Hall–Kier alpha value is -3.74. The van der Waals surface area contributed by atoms with Gasteiger partial charge < -0.3 is 11.1 Å². The number of hydrogen-bond acceptors (Lipinski definition) is 5. The molecule has 2 aromatic carbocycles. The molecular weight excluding hydrogens is 354 g/mol. The molecule has 2 heterocycles. The van der Waals surface area contributed by atoms with E-state index in [2.05, 4.69) is 15.3 Å². The number of nitrogens with one attached hydrogen (secondary N) is 1. The van der Waals surface area contributed by atoms with Crippen molar-refractivity contribution in [2.24, 2.45) is 0 Å². The minimum absolute atomic E-state index is 0.0315. The first-order chi connectivity index (χ1) is 13.5. The van der Waals surface area contributed by atoms with Crippen LogP contribution in [0.5, 0.6) is 0 Å². The highest BCUT2D eigenvalue weighted by Gasteiger charge is 2.17. The molecule has 7 heteroatoms. The molecule has 2 aromatic heterocycles. The first-order valence-electron chi connectivity index (χ1n) is 8.99. The largest absolute Gasteiger partial charge is 0.368 e. The highest BCUT2D eigenvalue weighted by molar-refractivity contribution is 6.07. The standard InChI is InChI=1S/C21H19N5O2/c1-2-23-18(27)10-13-7-8-17-16(9-13)19(25-21(22)24-17)20(28)26-11-14-5-3-4-6-15(14)12-26/h3-9,11-12H,2,10H2,1H3,(H,23,27)(H2,22,24,25). The van der Waals surface area contributed by atoms with Crippen LogP contribution in [0, 0.1) is 0 Å². The lowest BCUT2D eigenvalue weighted by molar-refractivity contribution is -0.120. The summed E-state index contributed by atoms with van der Waals surface area (Å²) < 4.78 is 1.50. The SMILES string of the molecule is CCNC(=O)Cc1ccc2nc(N)nc(C(=O)n3cc4ccccc4c3)c2c1. The van der Waals surface area contributed by atoms with Crippen LogP contribution in [0.2, 0.25) is 0 Å². The lowest BCUT2D eigenvalue weighted by atomic mass is 10.1. The van der Waals surface area contributed by atoms with Crippen molar-refractivity contribution in [3.8, 4) is 0 Å². The van der Waals surface area contributed by atoms with Crippen LogP contribution in [-0.4, -0.2) is 32.9 Å².